The lowest BCUT2D eigenvalue weighted by molar-refractivity contribution is 0.0940. The second-order valence-electron chi connectivity index (χ2n) is 2.80. The van der Waals surface area contributed by atoms with Gasteiger partial charge in [-0.05, 0) is 6.42 Å². The summed E-state index contributed by atoms with van der Waals surface area (Å²) < 4.78 is 0. The average Bonchev–Trinajstić information content (AvgIpc) is 2.56. The first kappa shape index (κ1) is 10.5. The minimum atomic E-state index is -0.368. The summed E-state index contributed by atoms with van der Waals surface area (Å²) in [5, 5.41) is 17.5. The van der Waals surface area contributed by atoms with Gasteiger partial charge in [-0.15, -0.1) is 0 Å². The Morgan fingerprint density at radius 1 is 1.71 bits per heavy atom. The first-order valence-corrected chi connectivity index (χ1v) is 4.42. The van der Waals surface area contributed by atoms with Crippen LogP contribution in [0.15, 0.2) is 0 Å². The molecule has 1 aromatic rings. The van der Waals surface area contributed by atoms with Crippen molar-refractivity contribution in [1.29, 1.82) is 0 Å². The molecular weight excluding hydrogens is 184 g/mol. The number of hydrogen-bond acceptors (Lipinski definition) is 4. The molecule has 0 unspecified atom stereocenters. The van der Waals surface area contributed by atoms with Gasteiger partial charge in [0, 0.05) is 6.54 Å². The first-order valence-electron chi connectivity index (χ1n) is 4.42. The van der Waals surface area contributed by atoms with Crippen molar-refractivity contribution in [2.45, 2.75) is 13.3 Å². The lowest BCUT2D eigenvalue weighted by Gasteiger charge is -2.00. The Morgan fingerprint density at radius 3 is 2.93 bits per heavy atom. The molecule has 0 saturated carbocycles. The standard InChI is InChI=1S/C8H14N4O2/c1-2-5-6(9)7(12-11-5)8(14)10-3-4-13/h13H,2-4,9H2,1H3,(H,10,14)(H,11,12). The van der Waals surface area contributed by atoms with Gasteiger partial charge in [0.1, 0.15) is 0 Å². The minimum Gasteiger partial charge on any atom is -0.395 e. The number of nitrogen functional groups attached to an aromatic ring is 1. The molecule has 0 fully saturated rings. The molecule has 0 spiro atoms. The Balaban J connectivity index is 2.75. The minimum absolute atomic E-state index is 0.100. The van der Waals surface area contributed by atoms with Crippen molar-refractivity contribution in [2.75, 3.05) is 18.9 Å². The molecule has 0 saturated heterocycles. The fourth-order valence-electron chi connectivity index (χ4n) is 1.08. The van der Waals surface area contributed by atoms with Crippen molar-refractivity contribution in [3.8, 4) is 0 Å². The van der Waals surface area contributed by atoms with Gasteiger partial charge in [0.2, 0.25) is 0 Å². The summed E-state index contributed by atoms with van der Waals surface area (Å²) >= 11 is 0. The SMILES string of the molecule is CCc1[nH]nc(C(=O)NCCO)c1N. The largest absolute Gasteiger partial charge is 0.395 e. The molecule has 0 atom stereocenters. The van der Waals surface area contributed by atoms with Crippen molar-refractivity contribution >= 4 is 11.6 Å². The van der Waals surface area contributed by atoms with E-state index in [1.807, 2.05) is 6.92 Å². The van der Waals surface area contributed by atoms with Gasteiger partial charge in [0.05, 0.1) is 18.0 Å². The van der Waals surface area contributed by atoms with Crippen LogP contribution in [0.2, 0.25) is 0 Å². The zero-order valence-corrected chi connectivity index (χ0v) is 8.00. The number of nitrogens with zero attached hydrogens (tertiary/aromatic N) is 1. The fourth-order valence-corrected chi connectivity index (χ4v) is 1.08. The van der Waals surface area contributed by atoms with E-state index >= 15 is 0 Å². The van der Waals surface area contributed by atoms with Crippen LogP contribution in [0.25, 0.3) is 0 Å². The maximum atomic E-state index is 11.4. The number of aliphatic hydroxyl groups excluding tert-OH is 1. The van der Waals surface area contributed by atoms with Crippen molar-refractivity contribution in [3.63, 3.8) is 0 Å². The lowest BCUT2D eigenvalue weighted by Crippen LogP contribution is -2.27. The quantitative estimate of drug-likeness (QED) is 0.512. The molecule has 14 heavy (non-hydrogen) atoms. The topological polar surface area (TPSA) is 104 Å². The fraction of sp³-hybridized carbons (Fsp3) is 0.500. The Labute approximate surface area is 81.5 Å². The van der Waals surface area contributed by atoms with Gasteiger partial charge in [0.15, 0.2) is 5.69 Å². The Hall–Kier alpha value is -1.56. The number of aliphatic hydroxyl groups is 1. The number of H-pyrrole nitrogens is 1. The van der Waals surface area contributed by atoms with Gasteiger partial charge < -0.3 is 16.2 Å². The highest BCUT2D eigenvalue weighted by Gasteiger charge is 2.15. The van der Waals surface area contributed by atoms with Gasteiger partial charge >= 0.3 is 0 Å². The summed E-state index contributed by atoms with van der Waals surface area (Å²) in [4.78, 5) is 11.4. The molecule has 0 bridgehead atoms. The van der Waals surface area contributed by atoms with Crippen molar-refractivity contribution in [2.24, 2.45) is 0 Å². The van der Waals surface area contributed by atoms with E-state index in [0.29, 0.717) is 12.1 Å². The van der Waals surface area contributed by atoms with Crippen LogP contribution in [0.5, 0.6) is 0 Å². The summed E-state index contributed by atoms with van der Waals surface area (Å²) in [5.74, 6) is -0.368. The Morgan fingerprint density at radius 2 is 2.43 bits per heavy atom. The number of anilines is 1. The zero-order valence-electron chi connectivity index (χ0n) is 8.00. The Bertz CT molecular complexity index is 321. The van der Waals surface area contributed by atoms with Crippen LogP contribution in [0, 0.1) is 0 Å². The van der Waals surface area contributed by atoms with Crippen molar-refractivity contribution in [3.05, 3.63) is 11.4 Å². The summed E-state index contributed by atoms with van der Waals surface area (Å²) in [6.07, 6.45) is 0.701. The molecule has 1 heterocycles. The van der Waals surface area contributed by atoms with Crippen LogP contribution < -0.4 is 11.1 Å². The second kappa shape index (κ2) is 4.61. The number of carbonyl (C=O) groups excluding carboxylic acids is 1. The molecule has 0 aromatic carbocycles. The number of amides is 1. The van der Waals surface area contributed by atoms with E-state index in [4.69, 9.17) is 10.8 Å². The van der Waals surface area contributed by atoms with Crippen molar-refractivity contribution in [1.82, 2.24) is 15.5 Å². The van der Waals surface area contributed by atoms with E-state index in [2.05, 4.69) is 15.5 Å². The number of nitrogens with one attached hydrogen (secondary N) is 2. The van der Waals surface area contributed by atoms with Crippen LogP contribution in [-0.2, 0) is 6.42 Å². The zero-order chi connectivity index (χ0) is 10.6. The number of hydrogen-bond donors (Lipinski definition) is 4. The molecule has 0 radical (unpaired) electrons. The van der Waals surface area contributed by atoms with Crippen LogP contribution in [0.3, 0.4) is 0 Å². The predicted molar refractivity (Wildman–Crippen MR) is 51.8 cm³/mol. The van der Waals surface area contributed by atoms with Gasteiger partial charge in [-0.2, -0.15) is 5.10 Å². The van der Waals surface area contributed by atoms with Crippen molar-refractivity contribution < 1.29 is 9.90 Å². The van der Waals surface area contributed by atoms with E-state index in [-0.39, 0.29) is 24.8 Å². The molecular formula is C8H14N4O2. The van der Waals surface area contributed by atoms with Crippen LogP contribution in [0.4, 0.5) is 5.69 Å². The van der Waals surface area contributed by atoms with Gasteiger partial charge in [0.25, 0.3) is 5.91 Å². The van der Waals surface area contributed by atoms with Crippen LogP contribution >= 0.6 is 0 Å². The van der Waals surface area contributed by atoms with E-state index < -0.39 is 0 Å². The number of rotatable bonds is 4. The highest BCUT2D eigenvalue weighted by atomic mass is 16.3. The van der Waals surface area contributed by atoms with E-state index in [1.165, 1.54) is 0 Å². The monoisotopic (exact) mass is 198 g/mol. The van der Waals surface area contributed by atoms with Gasteiger partial charge in [-0.25, -0.2) is 0 Å². The molecule has 1 rings (SSSR count). The third kappa shape index (κ3) is 2.02. The highest BCUT2D eigenvalue weighted by molar-refractivity contribution is 5.97. The smallest absolute Gasteiger partial charge is 0.274 e. The van der Waals surface area contributed by atoms with Crippen LogP contribution in [-0.4, -0.2) is 34.4 Å². The first-order chi connectivity index (χ1) is 6.70. The molecule has 5 N–H and O–H groups in total. The number of carbonyl (C=O) groups is 1. The van der Waals surface area contributed by atoms with E-state index in [9.17, 15) is 4.79 Å². The molecule has 78 valence electrons. The number of nitrogens with two attached hydrogens (primary N) is 1. The second-order valence-corrected chi connectivity index (χ2v) is 2.80. The Kier molecular flexibility index (Phi) is 3.47. The molecule has 6 heteroatoms. The molecule has 6 nitrogen and oxygen atoms in total. The summed E-state index contributed by atoms with van der Waals surface area (Å²) in [6.45, 7) is 2.02. The molecule has 1 amide bonds. The van der Waals surface area contributed by atoms with Gasteiger partial charge in [-0.3, -0.25) is 9.89 Å². The predicted octanol–water partition coefficient (Wildman–Crippen LogP) is -0.724. The lowest BCUT2D eigenvalue weighted by atomic mass is 10.2. The highest BCUT2D eigenvalue weighted by Crippen LogP contribution is 2.13. The number of aromatic amines is 1. The molecule has 1 aromatic heterocycles. The van der Waals surface area contributed by atoms with E-state index in [0.717, 1.165) is 5.69 Å². The molecule has 0 aliphatic carbocycles. The van der Waals surface area contributed by atoms with E-state index in [1.54, 1.807) is 0 Å². The van der Waals surface area contributed by atoms with Crippen LogP contribution in [0.1, 0.15) is 23.1 Å². The van der Waals surface area contributed by atoms with Gasteiger partial charge in [-0.1, -0.05) is 6.92 Å². The molecule has 0 aliphatic rings. The number of aromatic nitrogens is 2. The number of aryl methyl sites for hydroxylation is 1. The summed E-state index contributed by atoms with van der Waals surface area (Å²) in [5.41, 5.74) is 6.99. The third-order valence-corrected chi connectivity index (χ3v) is 1.85. The summed E-state index contributed by atoms with van der Waals surface area (Å²) in [6, 6.07) is 0. The average molecular weight is 198 g/mol. The summed E-state index contributed by atoms with van der Waals surface area (Å²) in [7, 11) is 0. The molecule has 0 aliphatic heterocycles. The maximum absolute atomic E-state index is 11.4. The third-order valence-electron chi connectivity index (χ3n) is 1.85. The maximum Gasteiger partial charge on any atom is 0.274 e. The normalized spacial score (nSPS) is 10.1.